The summed E-state index contributed by atoms with van der Waals surface area (Å²) in [5.74, 6) is -2.67. The predicted molar refractivity (Wildman–Crippen MR) is 121 cm³/mol. The van der Waals surface area contributed by atoms with E-state index in [0.717, 1.165) is 29.0 Å². The Morgan fingerprint density at radius 3 is 2.36 bits per heavy atom. The van der Waals surface area contributed by atoms with Crippen LogP contribution in [0.5, 0.6) is 11.5 Å². The molecule has 4 rings (SSSR count). The van der Waals surface area contributed by atoms with Crippen LogP contribution in [0.15, 0.2) is 47.8 Å². The maximum absolute atomic E-state index is 12.9. The second kappa shape index (κ2) is 9.55. The molecule has 1 aromatic heterocycles. The summed E-state index contributed by atoms with van der Waals surface area (Å²) in [7, 11) is -4.04. The minimum atomic E-state index is -4.04. The van der Waals surface area contributed by atoms with Gasteiger partial charge in [0.2, 0.25) is 11.8 Å². The third-order valence-corrected chi connectivity index (χ3v) is 6.58. The molecule has 0 fully saturated rings. The largest absolute Gasteiger partial charge is 0.486 e. The highest BCUT2D eigenvalue weighted by atomic mass is 32.2. The zero-order chi connectivity index (χ0) is 23.4. The fraction of sp³-hybridized carbons (Fsp3) is 0.190. The highest BCUT2D eigenvalue weighted by Crippen LogP contribution is 2.35. The average molecular weight is 492 g/mol. The van der Waals surface area contributed by atoms with Gasteiger partial charge in [0.1, 0.15) is 30.5 Å². The van der Waals surface area contributed by atoms with Crippen molar-refractivity contribution in [2.24, 2.45) is 0 Å². The summed E-state index contributed by atoms with van der Waals surface area (Å²) >= 11 is 1.13. The number of halogens is 1. The zero-order valence-electron chi connectivity index (χ0n) is 17.0. The average Bonchev–Trinajstić information content (AvgIpc) is 3.22. The Bertz CT molecular complexity index is 1290. The number of carbonyl (C=O) groups excluding carboxylic acids is 2. The van der Waals surface area contributed by atoms with Crippen LogP contribution in [-0.4, -0.2) is 49.9 Å². The first-order valence-corrected chi connectivity index (χ1v) is 12.4. The molecular formula is C21H18FN3O6S2. The maximum atomic E-state index is 12.9. The molecule has 2 N–H and O–H groups in total. The number of thiazole rings is 1. The van der Waals surface area contributed by atoms with Gasteiger partial charge in [0.05, 0.1) is 5.69 Å². The van der Waals surface area contributed by atoms with Crippen LogP contribution >= 0.6 is 11.3 Å². The Labute approximate surface area is 192 Å². The first kappa shape index (κ1) is 22.7. The van der Waals surface area contributed by atoms with Crippen LogP contribution in [0.1, 0.15) is 0 Å². The maximum Gasteiger partial charge on any atom is 0.241 e. The number of aromatic nitrogens is 1. The monoisotopic (exact) mass is 491 g/mol. The third-order valence-electron chi connectivity index (χ3n) is 4.42. The van der Waals surface area contributed by atoms with Crippen LogP contribution in [-0.2, 0) is 19.4 Å². The van der Waals surface area contributed by atoms with Gasteiger partial charge in [-0.25, -0.2) is 17.8 Å². The molecule has 1 aliphatic heterocycles. The Morgan fingerprint density at radius 1 is 0.970 bits per heavy atom. The first-order valence-electron chi connectivity index (χ1n) is 9.69. The van der Waals surface area contributed by atoms with Gasteiger partial charge in [-0.05, 0) is 42.5 Å². The molecule has 0 saturated carbocycles. The normalized spacial score (nSPS) is 12.8. The van der Waals surface area contributed by atoms with Crippen LogP contribution in [0.25, 0.3) is 11.3 Å². The van der Waals surface area contributed by atoms with Crippen molar-refractivity contribution in [1.82, 2.24) is 4.98 Å². The molecule has 2 amide bonds. The number of sulfone groups is 1. The topological polar surface area (TPSA) is 124 Å². The van der Waals surface area contributed by atoms with Crippen LogP contribution in [0.3, 0.4) is 0 Å². The fourth-order valence-electron chi connectivity index (χ4n) is 3.00. The molecule has 1 aliphatic rings. The van der Waals surface area contributed by atoms with Crippen molar-refractivity contribution in [1.29, 1.82) is 0 Å². The number of anilines is 2. The van der Waals surface area contributed by atoms with Gasteiger partial charge in [-0.1, -0.05) is 0 Å². The van der Waals surface area contributed by atoms with Crippen molar-refractivity contribution in [3.63, 3.8) is 0 Å². The van der Waals surface area contributed by atoms with E-state index < -0.39 is 39.0 Å². The van der Waals surface area contributed by atoms with Crippen LogP contribution in [0.4, 0.5) is 15.2 Å². The van der Waals surface area contributed by atoms with Crippen molar-refractivity contribution < 1.29 is 31.9 Å². The molecule has 3 aromatic rings. The van der Waals surface area contributed by atoms with Crippen molar-refractivity contribution >= 4 is 43.8 Å². The van der Waals surface area contributed by atoms with Crippen molar-refractivity contribution in [3.8, 4) is 22.8 Å². The number of nitrogens with zero attached hydrogens (tertiary/aromatic N) is 1. The fourth-order valence-corrected chi connectivity index (χ4v) is 4.78. The summed E-state index contributed by atoms with van der Waals surface area (Å²) in [6.45, 7) is 0.932. The summed E-state index contributed by atoms with van der Waals surface area (Å²) in [5, 5.41) is 6.72. The summed E-state index contributed by atoms with van der Waals surface area (Å²) in [5.41, 5.74) is 1.57. The number of amides is 2. The quantitative estimate of drug-likeness (QED) is 0.521. The smallest absolute Gasteiger partial charge is 0.241 e. The number of nitrogens with one attached hydrogen (secondary N) is 2. The molecule has 172 valence electrons. The van der Waals surface area contributed by atoms with E-state index >= 15 is 0 Å². The van der Waals surface area contributed by atoms with Crippen LogP contribution in [0.2, 0.25) is 0 Å². The Balaban J connectivity index is 1.33. The minimum Gasteiger partial charge on any atom is -0.486 e. The summed E-state index contributed by atoms with van der Waals surface area (Å²) in [6, 6.07) is 10.2. The second-order valence-electron chi connectivity index (χ2n) is 7.03. The van der Waals surface area contributed by atoms with E-state index in [4.69, 9.17) is 9.47 Å². The highest BCUT2D eigenvalue weighted by Gasteiger charge is 2.22. The first-order chi connectivity index (χ1) is 15.8. The van der Waals surface area contributed by atoms with Crippen molar-refractivity contribution in [2.75, 3.05) is 35.4 Å². The molecule has 33 heavy (non-hydrogen) atoms. The molecule has 2 heterocycles. The molecule has 0 unspecified atom stereocenters. The number of ether oxygens (including phenoxy) is 2. The Hall–Kier alpha value is -3.51. The van der Waals surface area contributed by atoms with Gasteiger partial charge in [-0.3, -0.25) is 9.59 Å². The van der Waals surface area contributed by atoms with Gasteiger partial charge in [-0.2, -0.15) is 0 Å². The van der Waals surface area contributed by atoms with E-state index in [9.17, 15) is 22.4 Å². The van der Waals surface area contributed by atoms with Crippen molar-refractivity contribution in [2.45, 2.75) is 0 Å². The van der Waals surface area contributed by atoms with Gasteiger partial charge in [0.25, 0.3) is 0 Å². The highest BCUT2D eigenvalue weighted by molar-refractivity contribution is 7.92. The molecule has 9 nitrogen and oxygen atoms in total. The molecule has 2 aromatic carbocycles. The molecule has 0 aliphatic carbocycles. The minimum absolute atomic E-state index is 0.218. The molecule has 0 bridgehead atoms. The van der Waals surface area contributed by atoms with E-state index in [-0.39, 0.29) is 10.8 Å². The zero-order valence-corrected chi connectivity index (χ0v) is 18.7. The van der Waals surface area contributed by atoms with Gasteiger partial charge in [0.15, 0.2) is 26.5 Å². The van der Waals surface area contributed by atoms with Gasteiger partial charge in [-0.15, -0.1) is 11.3 Å². The number of fused-ring (bicyclic) bond motifs is 1. The molecule has 12 heteroatoms. The summed E-state index contributed by atoms with van der Waals surface area (Å²) in [6.07, 6.45) is 0. The summed E-state index contributed by atoms with van der Waals surface area (Å²) < 4.78 is 48.4. The van der Waals surface area contributed by atoms with E-state index in [1.54, 1.807) is 23.6 Å². The SMILES string of the molecule is O=C(CS(=O)(=O)CC(=O)Nc1nc(-c2ccc3c(c2)OCCO3)cs1)Nc1ccc(F)cc1. The second-order valence-corrected chi connectivity index (χ2v) is 9.95. The number of hydrogen-bond acceptors (Lipinski definition) is 8. The molecule has 0 spiro atoms. The number of hydrogen-bond donors (Lipinski definition) is 2. The lowest BCUT2D eigenvalue weighted by molar-refractivity contribution is -0.114. The summed E-state index contributed by atoms with van der Waals surface area (Å²) in [4.78, 5) is 28.5. The molecular weight excluding hydrogens is 473 g/mol. The van der Waals surface area contributed by atoms with Gasteiger partial charge in [0, 0.05) is 16.6 Å². The van der Waals surface area contributed by atoms with Crippen molar-refractivity contribution in [3.05, 3.63) is 53.7 Å². The Morgan fingerprint density at radius 2 is 1.64 bits per heavy atom. The van der Waals surface area contributed by atoms with Gasteiger partial charge >= 0.3 is 0 Å². The molecule has 0 atom stereocenters. The lowest BCUT2D eigenvalue weighted by atomic mass is 10.1. The third kappa shape index (κ3) is 6.05. The van der Waals surface area contributed by atoms with E-state index in [1.165, 1.54) is 12.1 Å². The van der Waals surface area contributed by atoms with E-state index in [0.29, 0.717) is 30.4 Å². The Kier molecular flexibility index (Phi) is 6.56. The van der Waals surface area contributed by atoms with E-state index in [2.05, 4.69) is 15.6 Å². The standard InChI is InChI=1S/C21H18FN3O6S2/c22-14-2-4-15(5-3-14)23-19(26)11-33(28,29)12-20(27)25-21-24-16(10-32-21)13-1-6-17-18(9-13)31-8-7-30-17/h1-6,9-10H,7-8,11-12H2,(H,23,26)(H,24,25,27). The lowest BCUT2D eigenvalue weighted by Gasteiger charge is -2.18. The molecule has 0 radical (unpaired) electrons. The van der Waals surface area contributed by atoms with Crippen LogP contribution < -0.4 is 20.1 Å². The lowest BCUT2D eigenvalue weighted by Crippen LogP contribution is -2.30. The van der Waals surface area contributed by atoms with Gasteiger partial charge < -0.3 is 20.1 Å². The van der Waals surface area contributed by atoms with Crippen LogP contribution in [0, 0.1) is 5.82 Å². The number of rotatable bonds is 7. The molecule has 0 saturated heterocycles. The number of benzene rings is 2. The predicted octanol–water partition coefficient (Wildman–Crippen LogP) is 2.71. The van der Waals surface area contributed by atoms with E-state index in [1.807, 2.05) is 0 Å². The number of carbonyl (C=O) groups is 2.